The van der Waals surface area contributed by atoms with Crippen molar-refractivity contribution in [2.75, 3.05) is 31.1 Å². The number of hydrogen-bond acceptors (Lipinski definition) is 6. The average molecular weight is 376 g/mol. The maximum Gasteiger partial charge on any atom is 0.229 e. The van der Waals surface area contributed by atoms with Crippen LogP contribution in [-0.4, -0.2) is 41.1 Å². The fraction of sp³-hybridized carbons (Fsp3) is 0.364. The Hall–Kier alpha value is -2.70. The lowest BCUT2D eigenvalue weighted by Gasteiger charge is -2.41. The number of piperidine rings is 1. The van der Waals surface area contributed by atoms with E-state index in [4.69, 9.17) is 9.15 Å². The molecule has 1 fully saturated rings. The van der Waals surface area contributed by atoms with Crippen LogP contribution >= 0.6 is 0 Å². The van der Waals surface area contributed by atoms with Gasteiger partial charge < -0.3 is 14.1 Å². The normalized spacial score (nSPS) is 19.4. The third-order valence-corrected chi connectivity index (χ3v) is 5.80. The Kier molecular flexibility index (Phi) is 4.58. The van der Waals surface area contributed by atoms with Gasteiger partial charge in [0, 0.05) is 37.6 Å². The van der Waals surface area contributed by atoms with Gasteiger partial charge in [0.25, 0.3) is 0 Å². The summed E-state index contributed by atoms with van der Waals surface area (Å²) in [6.07, 6.45) is 7.26. The third kappa shape index (κ3) is 3.19. The molecule has 0 amide bonds. The van der Waals surface area contributed by atoms with Crippen molar-refractivity contribution in [1.82, 2.24) is 14.9 Å². The fourth-order valence-electron chi connectivity index (χ4n) is 4.37. The van der Waals surface area contributed by atoms with Crippen LogP contribution in [0.3, 0.4) is 0 Å². The molecule has 6 nitrogen and oxygen atoms in total. The monoisotopic (exact) mass is 376 g/mol. The van der Waals surface area contributed by atoms with E-state index >= 15 is 0 Å². The number of fused-ring (bicyclic) bond motifs is 2. The minimum Gasteiger partial charge on any atom is -0.468 e. The highest BCUT2D eigenvalue weighted by atomic mass is 16.5. The first kappa shape index (κ1) is 17.4. The molecule has 2 aliphatic rings. The van der Waals surface area contributed by atoms with E-state index in [1.165, 1.54) is 5.56 Å². The summed E-state index contributed by atoms with van der Waals surface area (Å²) in [5, 5.41) is 0. The molecule has 0 saturated carbocycles. The second-order valence-electron chi connectivity index (χ2n) is 7.42. The van der Waals surface area contributed by atoms with E-state index in [1.54, 1.807) is 18.7 Å². The first-order valence-corrected chi connectivity index (χ1v) is 9.87. The van der Waals surface area contributed by atoms with Gasteiger partial charge >= 0.3 is 0 Å². The van der Waals surface area contributed by atoms with E-state index in [9.17, 15) is 0 Å². The van der Waals surface area contributed by atoms with Crippen molar-refractivity contribution in [3.8, 4) is 0 Å². The number of hydrogen-bond donors (Lipinski definition) is 0. The van der Waals surface area contributed by atoms with Crippen LogP contribution in [0.1, 0.15) is 24.2 Å². The second-order valence-corrected chi connectivity index (χ2v) is 7.42. The Morgan fingerprint density at radius 2 is 1.75 bits per heavy atom. The van der Waals surface area contributed by atoms with Gasteiger partial charge in [0.2, 0.25) is 5.95 Å². The quantitative estimate of drug-likeness (QED) is 0.694. The highest BCUT2D eigenvalue weighted by Gasteiger charge is 2.41. The number of nitrogens with zero attached hydrogens (tertiary/aromatic N) is 4. The Morgan fingerprint density at radius 1 is 0.929 bits per heavy atom. The summed E-state index contributed by atoms with van der Waals surface area (Å²) in [4.78, 5) is 13.6. The first-order valence-electron chi connectivity index (χ1n) is 9.87. The van der Waals surface area contributed by atoms with Crippen LogP contribution < -0.4 is 4.90 Å². The Labute approximate surface area is 164 Å². The van der Waals surface area contributed by atoms with Crippen LogP contribution in [0, 0.1) is 0 Å². The topological polar surface area (TPSA) is 54.6 Å². The maximum absolute atomic E-state index is 6.55. The molecule has 2 aliphatic heterocycles. The van der Waals surface area contributed by atoms with Crippen molar-refractivity contribution in [2.45, 2.75) is 25.0 Å². The molecule has 5 rings (SSSR count). The van der Waals surface area contributed by atoms with E-state index in [-0.39, 0.29) is 5.60 Å². The Morgan fingerprint density at radius 3 is 2.54 bits per heavy atom. The molecular formula is C22H24N4O2. The number of rotatable bonds is 3. The molecule has 28 heavy (non-hydrogen) atoms. The predicted molar refractivity (Wildman–Crippen MR) is 106 cm³/mol. The lowest BCUT2D eigenvalue weighted by molar-refractivity contribution is -0.0853. The molecule has 3 aromatic rings. The predicted octanol–water partition coefficient (Wildman–Crippen LogP) is 3.73. The SMILES string of the molecule is c1cnc(N2CCOC3(CCN(Cc4ccco4)CC3)c3ccccc32)nc1. The summed E-state index contributed by atoms with van der Waals surface area (Å²) < 4.78 is 12.1. The van der Waals surface area contributed by atoms with E-state index < -0.39 is 0 Å². The van der Waals surface area contributed by atoms with Crippen LogP contribution in [0.5, 0.6) is 0 Å². The van der Waals surface area contributed by atoms with Crippen LogP contribution in [0.15, 0.2) is 65.5 Å². The molecule has 0 unspecified atom stereocenters. The molecule has 4 heterocycles. The molecule has 144 valence electrons. The summed E-state index contributed by atoms with van der Waals surface area (Å²) in [5.41, 5.74) is 2.16. The lowest BCUT2D eigenvalue weighted by Crippen LogP contribution is -2.43. The minimum absolute atomic E-state index is 0.250. The molecule has 0 aliphatic carbocycles. The van der Waals surface area contributed by atoms with Gasteiger partial charge in [-0.3, -0.25) is 4.90 Å². The zero-order chi connectivity index (χ0) is 18.8. The number of likely N-dealkylation sites (tertiary alicyclic amines) is 1. The number of anilines is 2. The number of ether oxygens (including phenoxy) is 1. The van der Waals surface area contributed by atoms with Gasteiger partial charge in [0.15, 0.2) is 0 Å². The summed E-state index contributed by atoms with van der Waals surface area (Å²) >= 11 is 0. The zero-order valence-corrected chi connectivity index (χ0v) is 15.8. The number of para-hydroxylation sites is 1. The van der Waals surface area contributed by atoms with Gasteiger partial charge in [0.05, 0.1) is 30.7 Å². The van der Waals surface area contributed by atoms with Crippen molar-refractivity contribution >= 4 is 11.6 Å². The van der Waals surface area contributed by atoms with E-state index in [0.717, 1.165) is 56.4 Å². The molecule has 0 atom stereocenters. The second kappa shape index (κ2) is 7.37. The van der Waals surface area contributed by atoms with Gasteiger partial charge in [-0.05, 0) is 37.1 Å². The highest BCUT2D eigenvalue weighted by Crippen LogP contribution is 2.44. The maximum atomic E-state index is 6.55. The molecule has 6 heteroatoms. The van der Waals surface area contributed by atoms with Crippen LogP contribution in [0.2, 0.25) is 0 Å². The molecule has 0 radical (unpaired) electrons. The summed E-state index contributed by atoms with van der Waals surface area (Å²) in [7, 11) is 0. The minimum atomic E-state index is -0.250. The van der Waals surface area contributed by atoms with Gasteiger partial charge in [-0.25, -0.2) is 9.97 Å². The summed E-state index contributed by atoms with van der Waals surface area (Å²) in [5.74, 6) is 1.75. The standard InChI is InChI=1S/C22H24N4O2/c1-2-7-20-19(6-1)22(28-16-14-26(20)21-23-10-4-11-24-21)8-12-25(13-9-22)17-18-5-3-15-27-18/h1-7,10-11,15H,8-9,12-14,16-17H2. The number of aromatic nitrogens is 2. The van der Waals surface area contributed by atoms with E-state index in [2.05, 4.69) is 44.0 Å². The number of furan rings is 1. The van der Waals surface area contributed by atoms with Gasteiger partial charge in [-0.15, -0.1) is 0 Å². The van der Waals surface area contributed by atoms with Crippen molar-refractivity contribution in [3.63, 3.8) is 0 Å². The van der Waals surface area contributed by atoms with Crippen LogP contribution in [0.25, 0.3) is 0 Å². The van der Waals surface area contributed by atoms with Crippen LogP contribution in [-0.2, 0) is 16.9 Å². The van der Waals surface area contributed by atoms with Gasteiger partial charge in [-0.2, -0.15) is 0 Å². The fourth-order valence-corrected chi connectivity index (χ4v) is 4.37. The third-order valence-electron chi connectivity index (χ3n) is 5.80. The largest absolute Gasteiger partial charge is 0.468 e. The highest BCUT2D eigenvalue weighted by molar-refractivity contribution is 5.64. The Bertz CT molecular complexity index is 905. The van der Waals surface area contributed by atoms with E-state index in [0.29, 0.717) is 6.61 Å². The number of benzene rings is 1. The van der Waals surface area contributed by atoms with Crippen molar-refractivity contribution in [2.24, 2.45) is 0 Å². The van der Waals surface area contributed by atoms with Crippen molar-refractivity contribution < 1.29 is 9.15 Å². The summed E-state index contributed by atoms with van der Waals surface area (Å²) in [6.45, 7) is 4.23. The Balaban J connectivity index is 1.42. The summed E-state index contributed by atoms with van der Waals surface area (Å²) in [6, 6.07) is 14.4. The average Bonchev–Trinajstić information content (AvgIpc) is 3.21. The van der Waals surface area contributed by atoms with E-state index in [1.807, 2.05) is 18.2 Å². The molecule has 1 aromatic carbocycles. The lowest BCUT2D eigenvalue weighted by atomic mass is 9.83. The molecule has 1 saturated heterocycles. The van der Waals surface area contributed by atoms with Gasteiger partial charge in [-0.1, -0.05) is 18.2 Å². The molecule has 0 N–H and O–H groups in total. The van der Waals surface area contributed by atoms with Crippen LogP contribution in [0.4, 0.5) is 11.6 Å². The smallest absolute Gasteiger partial charge is 0.229 e. The molecule has 0 bridgehead atoms. The molecule has 1 spiro atoms. The molecular weight excluding hydrogens is 352 g/mol. The van der Waals surface area contributed by atoms with Gasteiger partial charge in [0.1, 0.15) is 5.76 Å². The van der Waals surface area contributed by atoms with Crippen molar-refractivity contribution in [3.05, 3.63) is 72.4 Å². The van der Waals surface area contributed by atoms with Crippen molar-refractivity contribution in [1.29, 1.82) is 0 Å². The zero-order valence-electron chi connectivity index (χ0n) is 15.8. The first-order chi connectivity index (χ1) is 13.8. The molecule has 2 aromatic heterocycles.